The molecule has 1 aliphatic heterocycles. The summed E-state index contributed by atoms with van der Waals surface area (Å²) in [5.41, 5.74) is 5.18. The SMILES string of the molecule is CCCCCCCCCCCCCCCCCCc1cccc2[nH]c(C)c(C3OCCCC3NCC#N)c12. The fraction of sp³-hybridized carbons (Fsp3) is 0.735. The first-order valence-electron chi connectivity index (χ1n) is 16.1. The van der Waals surface area contributed by atoms with Gasteiger partial charge in [0.1, 0.15) is 6.10 Å². The standard InChI is InChI=1S/C34H55N3O/c1-3-4-5-6-7-8-9-10-11-12-13-14-15-16-17-18-21-29-22-19-23-30-33(29)32(28(2)37-30)34-31(36-26-25-35)24-20-27-38-34/h19,22-23,31,34,36-37H,3-18,20-21,24,26-27H2,1-2H3. The van der Waals surface area contributed by atoms with Crippen LogP contribution in [0.4, 0.5) is 0 Å². The van der Waals surface area contributed by atoms with Gasteiger partial charge in [-0.1, -0.05) is 115 Å². The number of unbranched alkanes of at least 4 members (excludes halogenated alkanes) is 15. The number of hydrogen-bond acceptors (Lipinski definition) is 3. The van der Waals surface area contributed by atoms with Gasteiger partial charge in [0.2, 0.25) is 0 Å². The highest BCUT2D eigenvalue weighted by atomic mass is 16.5. The number of nitriles is 1. The largest absolute Gasteiger partial charge is 0.372 e. The van der Waals surface area contributed by atoms with E-state index in [9.17, 15) is 0 Å². The van der Waals surface area contributed by atoms with E-state index >= 15 is 0 Å². The van der Waals surface area contributed by atoms with E-state index in [1.54, 1.807) is 0 Å². The number of aryl methyl sites for hydroxylation is 2. The van der Waals surface area contributed by atoms with E-state index in [4.69, 9.17) is 10.00 Å². The van der Waals surface area contributed by atoms with Crippen molar-refractivity contribution in [3.63, 3.8) is 0 Å². The molecule has 0 radical (unpaired) electrons. The number of nitrogens with one attached hydrogen (secondary N) is 2. The number of fused-ring (bicyclic) bond motifs is 1. The van der Waals surface area contributed by atoms with Crippen LogP contribution >= 0.6 is 0 Å². The maximum atomic E-state index is 9.09. The van der Waals surface area contributed by atoms with Crippen LogP contribution in [-0.4, -0.2) is 24.2 Å². The smallest absolute Gasteiger partial charge is 0.100 e. The van der Waals surface area contributed by atoms with Gasteiger partial charge in [0.05, 0.1) is 12.6 Å². The van der Waals surface area contributed by atoms with E-state index in [0.717, 1.165) is 25.9 Å². The molecule has 1 saturated heterocycles. The van der Waals surface area contributed by atoms with Crippen molar-refractivity contribution >= 4 is 10.9 Å². The topological polar surface area (TPSA) is 60.8 Å². The molecule has 2 unspecified atom stereocenters. The van der Waals surface area contributed by atoms with E-state index in [2.05, 4.69) is 48.4 Å². The number of rotatable bonds is 20. The molecular formula is C34H55N3O. The average molecular weight is 522 g/mol. The Hall–Kier alpha value is -1.83. The highest BCUT2D eigenvalue weighted by Gasteiger charge is 2.31. The summed E-state index contributed by atoms with van der Waals surface area (Å²) in [6, 6.07) is 9.14. The minimum absolute atomic E-state index is 0.0118. The van der Waals surface area contributed by atoms with Gasteiger partial charge in [-0.3, -0.25) is 5.32 Å². The number of ether oxygens (including phenoxy) is 1. The van der Waals surface area contributed by atoms with Crippen LogP contribution in [0, 0.1) is 18.3 Å². The summed E-state index contributed by atoms with van der Waals surface area (Å²) in [7, 11) is 0. The van der Waals surface area contributed by atoms with Gasteiger partial charge in [-0.05, 0) is 44.2 Å². The van der Waals surface area contributed by atoms with Crippen LogP contribution < -0.4 is 5.32 Å². The van der Waals surface area contributed by atoms with Gasteiger partial charge in [-0.25, -0.2) is 0 Å². The summed E-state index contributed by atoms with van der Waals surface area (Å²) in [6.07, 6.45) is 25.7. The van der Waals surface area contributed by atoms with Gasteiger partial charge >= 0.3 is 0 Å². The number of hydrogen-bond donors (Lipinski definition) is 2. The zero-order chi connectivity index (χ0) is 26.8. The van der Waals surface area contributed by atoms with E-state index in [-0.39, 0.29) is 12.1 Å². The van der Waals surface area contributed by atoms with Gasteiger partial charge in [0.25, 0.3) is 0 Å². The van der Waals surface area contributed by atoms with Gasteiger partial charge in [-0.15, -0.1) is 0 Å². The Morgan fingerprint density at radius 1 is 0.895 bits per heavy atom. The van der Waals surface area contributed by atoms with Crippen LogP contribution in [0.3, 0.4) is 0 Å². The summed E-state index contributed by atoms with van der Waals surface area (Å²) in [6.45, 7) is 5.64. The summed E-state index contributed by atoms with van der Waals surface area (Å²) >= 11 is 0. The number of benzene rings is 1. The fourth-order valence-electron chi connectivity index (χ4n) is 6.36. The van der Waals surface area contributed by atoms with Crippen LogP contribution in [0.25, 0.3) is 10.9 Å². The highest BCUT2D eigenvalue weighted by Crippen LogP contribution is 2.37. The second-order valence-corrected chi connectivity index (χ2v) is 11.6. The van der Waals surface area contributed by atoms with Crippen LogP contribution in [0.15, 0.2) is 18.2 Å². The fourth-order valence-corrected chi connectivity index (χ4v) is 6.36. The third-order valence-corrected chi connectivity index (χ3v) is 8.50. The molecule has 2 atom stereocenters. The van der Waals surface area contributed by atoms with E-state index in [0.29, 0.717) is 6.54 Å². The molecule has 1 fully saturated rings. The lowest BCUT2D eigenvalue weighted by atomic mass is 9.91. The van der Waals surface area contributed by atoms with Gasteiger partial charge in [0, 0.05) is 34.8 Å². The van der Waals surface area contributed by atoms with Crippen LogP contribution in [0.2, 0.25) is 0 Å². The molecule has 0 spiro atoms. The van der Waals surface area contributed by atoms with E-state index < -0.39 is 0 Å². The molecule has 38 heavy (non-hydrogen) atoms. The molecule has 0 aliphatic carbocycles. The Bertz CT molecular complexity index is 943. The van der Waals surface area contributed by atoms with Crippen molar-refractivity contribution < 1.29 is 4.74 Å². The normalized spacial score (nSPS) is 17.7. The van der Waals surface area contributed by atoms with Crippen LogP contribution in [0.1, 0.15) is 145 Å². The van der Waals surface area contributed by atoms with Crippen molar-refractivity contribution in [3.05, 3.63) is 35.0 Å². The lowest BCUT2D eigenvalue weighted by Gasteiger charge is -2.32. The molecule has 4 nitrogen and oxygen atoms in total. The number of aromatic nitrogens is 1. The molecule has 2 aromatic rings. The van der Waals surface area contributed by atoms with Crippen molar-refractivity contribution in [2.24, 2.45) is 0 Å². The lowest BCUT2D eigenvalue weighted by Crippen LogP contribution is -2.39. The first-order chi connectivity index (χ1) is 18.8. The van der Waals surface area contributed by atoms with Crippen molar-refractivity contribution in [2.45, 2.75) is 148 Å². The molecule has 2 heterocycles. The maximum Gasteiger partial charge on any atom is 0.100 e. The molecule has 1 aromatic heterocycles. The maximum absolute atomic E-state index is 9.09. The number of nitrogens with zero attached hydrogens (tertiary/aromatic N) is 1. The third kappa shape index (κ3) is 10.0. The Kier molecular flexibility index (Phi) is 14.9. The first-order valence-corrected chi connectivity index (χ1v) is 16.1. The Morgan fingerprint density at radius 3 is 2.11 bits per heavy atom. The lowest BCUT2D eigenvalue weighted by molar-refractivity contribution is -0.00905. The van der Waals surface area contributed by atoms with Crippen molar-refractivity contribution in [1.29, 1.82) is 5.26 Å². The number of aromatic amines is 1. The van der Waals surface area contributed by atoms with E-state index in [1.807, 2.05) is 0 Å². The zero-order valence-corrected chi connectivity index (χ0v) is 24.6. The summed E-state index contributed by atoms with van der Waals surface area (Å²) < 4.78 is 6.32. The van der Waals surface area contributed by atoms with Crippen molar-refractivity contribution in [1.82, 2.24) is 10.3 Å². The molecule has 1 aromatic carbocycles. The van der Waals surface area contributed by atoms with Gasteiger partial charge in [0.15, 0.2) is 0 Å². The molecule has 0 amide bonds. The Labute approximate surface area is 233 Å². The molecule has 2 N–H and O–H groups in total. The molecule has 4 heteroatoms. The third-order valence-electron chi connectivity index (χ3n) is 8.50. The molecule has 212 valence electrons. The minimum atomic E-state index is 0.0118. The first kappa shape index (κ1) is 30.7. The van der Waals surface area contributed by atoms with E-state index in [1.165, 1.54) is 130 Å². The summed E-state index contributed by atoms with van der Waals surface area (Å²) in [4.78, 5) is 3.62. The number of H-pyrrole nitrogens is 1. The second-order valence-electron chi connectivity index (χ2n) is 11.6. The quantitative estimate of drug-likeness (QED) is 0.135. The molecule has 1 aliphatic rings. The molecule has 0 bridgehead atoms. The predicted octanol–water partition coefficient (Wildman–Crippen LogP) is 9.61. The Morgan fingerprint density at radius 2 is 1.50 bits per heavy atom. The molecule has 3 rings (SSSR count). The molecule has 0 saturated carbocycles. The predicted molar refractivity (Wildman–Crippen MR) is 162 cm³/mol. The highest BCUT2D eigenvalue weighted by molar-refractivity contribution is 5.88. The van der Waals surface area contributed by atoms with Gasteiger partial charge < -0.3 is 9.72 Å². The van der Waals surface area contributed by atoms with Gasteiger partial charge in [-0.2, -0.15) is 5.26 Å². The monoisotopic (exact) mass is 521 g/mol. The minimum Gasteiger partial charge on any atom is -0.372 e. The van der Waals surface area contributed by atoms with Crippen molar-refractivity contribution in [3.8, 4) is 6.07 Å². The Balaban J connectivity index is 1.35. The van der Waals surface area contributed by atoms with Crippen LogP contribution in [-0.2, 0) is 11.2 Å². The van der Waals surface area contributed by atoms with Crippen molar-refractivity contribution in [2.75, 3.05) is 13.2 Å². The zero-order valence-electron chi connectivity index (χ0n) is 24.6. The molecular weight excluding hydrogens is 466 g/mol. The average Bonchev–Trinajstić information content (AvgIpc) is 3.28. The van der Waals surface area contributed by atoms with Crippen LogP contribution in [0.5, 0.6) is 0 Å². The summed E-state index contributed by atoms with van der Waals surface area (Å²) in [5, 5.41) is 13.9. The second kappa shape index (κ2) is 18.5. The summed E-state index contributed by atoms with van der Waals surface area (Å²) in [5.74, 6) is 0.